The van der Waals surface area contributed by atoms with Crippen LogP contribution in [-0.4, -0.2) is 24.0 Å². The van der Waals surface area contributed by atoms with E-state index in [2.05, 4.69) is 36.4 Å². The number of hydrogen-bond donors (Lipinski definition) is 2. The molecule has 0 bridgehead atoms. The van der Waals surface area contributed by atoms with Gasteiger partial charge in [-0.1, -0.05) is 32.4 Å². The fourth-order valence-corrected chi connectivity index (χ4v) is 1.64. The first kappa shape index (κ1) is 15.8. The standard InChI is InChI=1S/C14H22ClN3O/c1-5-14(3,4)9-18-13(19)10-7-11(15)12(16-6-2)17-8-10/h7-8H,5-6,9H2,1-4H3,(H,16,17)(H,18,19). The Kier molecular flexibility index (Phi) is 5.60. The van der Waals surface area contributed by atoms with Crippen LogP contribution in [0, 0.1) is 5.41 Å². The van der Waals surface area contributed by atoms with Gasteiger partial charge in [-0.15, -0.1) is 0 Å². The maximum Gasteiger partial charge on any atom is 0.252 e. The lowest BCUT2D eigenvalue weighted by molar-refractivity contribution is 0.0935. The van der Waals surface area contributed by atoms with E-state index in [1.807, 2.05) is 6.92 Å². The first-order valence-electron chi connectivity index (χ1n) is 6.57. The van der Waals surface area contributed by atoms with Crippen molar-refractivity contribution in [2.45, 2.75) is 34.1 Å². The van der Waals surface area contributed by atoms with Gasteiger partial charge >= 0.3 is 0 Å². The second kappa shape index (κ2) is 6.75. The third-order valence-electron chi connectivity index (χ3n) is 3.13. The molecule has 0 aliphatic rings. The number of anilines is 1. The minimum atomic E-state index is -0.140. The topological polar surface area (TPSA) is 54.0 Å². The summed E-state index contributed by atoms with van der Waals surface area (Å²) in [6.45, 7) is 9.68. The van der Waals surface area contributed by atoms with Crippen molar-refractivity contribution in [3.63, 3.8) is 0 Å². The summed E-state index contributed by atoms with van der Waals surface area (Å²) in [5, 5.41) is 6.41. The second-order valence-corrected chi connectivity index (χ2v) is 5.69. The lowest BCUT2D eigenvalue weighted by Crippen LogP contribution is -2.33. The van der Waals surface area contributed by atoms with Crippen molar-refractivity contribution in [2.75, 3.05) is 18.4 Å². The van der Waals surface area contributed by atoms with Crippen molar-refractivity contribution in [3.05, 3.63) is 22.8 Å². The van der Waals surface area contributed by atoms with Crippen molar-refractivity contribution < 1.29 is 4.79 Å². The number of aromatic nitrogens is 1. The van der Waals surface area contributed by atoms with E-state index in [1.165, 1.54) is 6.20 Å². The first-order valence-corrected chi connectivity index (χ1v) is 6.95. The summed E-state index contributed by atoms with van der Waals surface area (Å²) in [7, 11) is 0. The lowest BCUT2D eigenvalue weighted by Gasteiger charge is -2.22. The molecule has 1 amide bonds. The maximum absolute atomic E-state index is 12.0. The fraction of sp³-hybridized carbons (Fsp3) is 0.571. The van der Waals surface area contributed by atoms with Gasteiger partial charge in [-0.3, -0.25) is 4.79 Å². The molecule has 0 fully saturated rings. The van der Waals surface area contributed by atoms with Gasteiger partial charge in [-0.2, -0.15) is 0 Å². The van der Waals surface area contributed by atoms with Gasteiger partial charge in [-0.25, -0.2) is 4.98 Å². The monoisotopic (exact) mass is 283 g/mol. The highest BCUT2D eigenvalue weighted by molar-refractivity contribution is 6.33. The second-order valence-electron chi connectivity index (χ2n) is 5.29. The number of nitrogens with one attached hydrogen (secondary N) is 2. The molecule has 1 aromatic heterocycles. The predicted molar refractivity (Wildman–Crippen MR) is 79.8 cm³/mol. The molecule has 0 aliphatic heterocycles. The Hall–Kier alpha value is -1.29. The van der Waals surface area contributed by atoms with Crippen LogP contribution in [0.15, 0.2) is 12.3 Å². The molecule has 1 rings (SSSR count). The minimum absolute atomic E-state index is 0.0938. The number of rotatable bonds is 6. The number of carbonyl (C=O) groups excluding carboxylic acids is 1. The number of nitrogens with zero attached hydrogens (tertiary/aromatic N) is 1. The van der Waals surface area contributed by atoms with Gasteiger partial charge in [-0.05, 0) is 24.8 Å². The molecule has 1 aromatic rings. The Morgan fingerprint density at radius 1 is 1.42 bits per heavy atom. The fourth-order valence-electron chi connectivity index (χ4n) is 1.41. The number of hydrogen-bond acceptors (Lipinski definition) is 3. The van der Waals surface area contributed by atoms with E-state index in [-0.39, 0.29) is 11.3 Å². The summed E-state index contributed by atoms with van der Waals surface area (Å²) in [6.07, 6.45) is 2.55. The summed E-state index contributed by atoms with van der Waals surface area (Å²) < 4.78 is 0. The molecule has 1 heterocycles. The van der Waals surface area contributed by atoms with Crippen LogP contribution in [0.4, 0.5) is 5.82 Å². The molecule has 106 valence electrons. The first-order chi connectivity index (χ1) is 8.89. The van der Waals surface area contributed by atoms with Crippen LogP contribution in [0.1, 0.15) is 44.5 Å². The zero-order valence-corrected chi connectivity index (χ0v) is 12.8. The molecule has 0 unspecified atom stereocenters. The molecule has 0 radical (unpaired) electrons. The minimum Gasteiger partial charge on any atom is -0.369 e. The van der Waals surface area contributed by atoms with Gasteiger partial charge in [0.05, 0.1) is 10.6 Å². The van der Waals surface area contributed by atoms with E-state index in [0.29, 0.717) is 22.9 Å². The molecule has 0 aromatic carbocycles. The molecule has 0 saturated carbocycles. The smallest absolute Gasteiger partial charge is 0.252 e. The highest BCUT2D eigenvalue weighted by atomic mass is 35.5. The Bertz CT molecular complexity index is 446. The third-order valence-corrected chi connectivity index (χ3v) is 3.42. The van der Waals surface area contributed by atoms with Gasteiger partial charge < -0.3 is 10.6 Å². The Balaban J connectivity index is 2.70. The summed E-state index contributed by atoms with van der Waals surface area (Å²) in [6, 6.07) is 1.64. The lowest BCUT2D eigenvalue weighted by atomic mass is 9.90. The molecule has 0 atom stereocenters. The molecule has 0 saturated heterocycles. The number of carbonyl (C=O) groups is 1. The Morgan fingerprint density at radius 2 is 2.11 bits per heavy atom. The van der Waals surface area contributed by atoms with Crippen LogP contribution in [0.2, 0.25) is 5.02 Å². The predicted octanol–water partition coefficient (Wildman–Crippen LogP) is 3.33. The van der Waals surface area contributed by atoms with Gasteiger partial charge in [0, 0.05) is 19.3 Å². The highest BCUT2D eigenvalue weighted by Gasteiger charge is 2.17. The van der Waals surface area contributed by atoms with Gasteiger partial charge in [0.25, 0.3) is 5.91 Å². The molecular weight excluding hydrogens is 262 g/mol. The zero-order valence-electron chi connectivity index (χ0n) is 12.0. The number of amides is 1. The normalized spacial score (nSPS) is 11.2. The van der Waals surface area contributed by atoms with Crippen LogP contribution in [-0.2, 0) is 0 Å². The Morgan fingerprint density at radius 3 is 2.63 bits per heavy atom. The van der Waals surface area contributed by atoms with E-state index in [1.54, 1.807) is 6.07 Å². The van der Waals surface area contributed by atoms with Gasteiger partial charge in [0.2, 0.25) is 0 Å². The van der Waals surface area contributed by atoms with Crippen molar-refractivity contribution in [1.29, 1.82) is 0 Å². The van der Waals surface area contributed by atoms with Crippen molar-refractivity contribution >= 4 is 23.3 Å². The van der Waals surface area contributed by atoms with E-state index in [9.17, 15) is 4.79 Å². The average molecular weight is 284 g/mol. The third kappa shape index (κ3) is 4.71. The van der Waals surface area contributed by atoms with Crippen molar-refractivity contribution in [3.8, 4) is 0 Å². The van der Waals surface area contributed by atoms with E-state index in [0.717, 1.165) is 13.0 Å². The zero-order chi connectivity index (χ0) is 14.5. The molecule has 2 N–H and O–H groups in total. The SMILES string of the molecule is CCNc1ncc(C(=O)NCC(C)(C)CC)cc1Cl. The molecular formula is C14H22ClN3O. The van der Waals surface area contributed by atoms with E-state index in [4.69, 9.17) is 11.6 Å². The maximum atomic E-state index is 12.0. The largest absolute Gasteiger partial charge is 0.369 e. The van der Waals surface area contributed by atoms with E-state index < -0.39 is 0 Å². The van der Waals surface area contributed by atoms with Crippen LogP contribution >= 0.6 is 11.6 Å². The van der Waals surface area contributed by atoms with Crippen molar-refractivity contribution in [1.82, 2.24) is 10.3 Å². The van der Waals surface area contributed by atoms with Crippen LogP contribution in [0.5, 0.6) is 0 Å². The van der Waals surface area contributed by atoms with E-state index >= 15 is 0 Å². The molecule has 4 nitrogen and oxygen atoms in total. The quantitative estimate of drug-likeness (QED) is 0.842. The summed E-state index contributed by atoms with van der Waals surface area (Å²) in [5.41, 5.74) is 0.579. The number of pyridine rings is 1. The van der Waals surface area contributed by atoms with Crippen LogP contribution in [0.3, 0.4) is 0 Å². The summed E-state index contributed by atoms with van der Waals surface area (Å²) >= 11 is 6.06. The molecule has 0 aliphatic carbocycles. The van der Waals surface area contributed by atoms with Crippen molar-refractivity contribution in [2.24, 2.45) is 5.41 Å². The number of halogens is 1. The molecule has 0 spiro atoms. The highest BCUT2D eigenvalue weighted by Crippen LogP contribution is 2.21. The summed E-state index contributed by atoms with van der Waals surface area (Å²) in [5.74, 6) is 0.466. The molecule has 19 heavy (non-hydrogen) atoms. The molecule has 5 heteroatoms. The summed E-state index contributed by atoms with van der Waals surface area (Å²) in [4.78, 5) is 16.1. The van der Waals surface area contributed by atoms with Crippen LogP contribution in [0.25, 0.3) is 0 Å². The Labute approximate surface area is 120 Å². The average Bonchev–Trinajstić information content (AvgIpc) is 2.38. The van der Waals surface area contributed by atoms with Crippen LogP contribution < -0.4 is 10.6 Å². The van der Waals surface area contributed by atoms with Gasteiger partial charge in [0.1, 0.15) is 5.82 Å². The van der Waals surface area contributed by atoms with Gasteiger partial charge in [0.15, 0.2) is 0 Å².